The number of para-hydroxylation sites is 1. The molecule has 0 aromatic heterocycles. The van der Waals surface area contributed by atoms with Gasteiger partial charge in [-0.3, -0.25) is 9.59 Å². The van der Waals surface area contributed by atoms with Crippen LogP contribution in [-0.4, -0.2) is 35.9 Å². The lowest BCUT2D eigenvalue weighted by molar-refractivity contribution is -0.142. The zero-order valence-corrected chi connectivity index (χ0v) is 19.3. The molecule has 0 radical (unpaired) electrons. The molecule has 0 aliphatic carbocycles. The van der Waals surface area contributed by atoms with Crippen LogP contribution in [0.25, 0.3) is 0 Å². The van der Waals surface area contributed by atoms with E-state index >= 15 is 0 Å². The number of ether oxygens (including phenoxy) is 1. The van der Waals surface area contributed by atoms with Gasteiger partial charge in [-0.05, 0) is 43.5 Å². The van der Waals surface area contributed by atoms with Crippen LogP contribution >= 0.6 is 23.2 Å². The Labute approximate surface area is 188 Å². The molecule has 7 heteroatoms. The number of nitrogens with zero attached hydrogens (tertiary/aromatic N) is 1. The van der Waals surface area contributed by atoms with Crippen LogP contribution in [0.15, 0.2) is 42.5 Å². The lowest BCUT2D eigenvalue weighted by Crippen LogP contribution is -2.49. The van der Waals surface area contributed by atoms with E-state index in [1.807, 2.05) is 31.2 Å². The van der Waals surface area contributed by atoms with Gasteiger partial charge < -0.3 is 15.0 Å². The average molecular weight is 451 g/mol. The molecule has 0 aliphatic rings. The number of carbonyl (C=O) groups excluding carboxylic acids is 2. The molecular formula is C23H28Cl2N2O3. The second-order valence-electron chi connectivity index (χ2n) is 7.27. The van der Waals surface area contributed by atoms with Gasteiger partial charge in [0.25, 0.3) is 5.91 Å². The van der Waals surface area contributed by atoms with Crippen molar-refractivity contribution in [2.45, 2.75) is 46.2 Å². The summed E-state index contributed by atoms with van der Waals surface area (Å²) in [4.78, 5) is 27.0. The summed E-state index contributed by atoms with van der Waals surface area (Å²) in [6.07, 6.45) is 0. The molecule has 0 bridgehead atoms. The summed E-state index contributed by atoms with van der Waals surface area (Å²) >= 11 is 12.6. The fourth-order valence-corrected chi connectivity index (χ4v) is 3.59. The number of hydrogen-bond donors (Lipinski definition) is 1. The van der Waals surface area contributed by atoms with E-state index < -0.39 is 6.04 Å². The number of rotatable bonds is 9. The summed E-state index contributed by atoms with van der Waals surface area (Å²) in [5.41, 5.74) is 1.61. The molecule has 0 saturated carbocycles. The molecule has 2 aromatic carbocycles. The van der Waals surface area contributed by atoms with E-state index in [9.17, 15) is 9.59 Å². The number of halogens is 2. The van der Waals surface area contributed by atoms with Crippen molar-refractivity contribution in [2.24, 2.45) is 0 Å². The van der Waals surface area contributed by atoms with E-state index in [0.717, 1.165) is 5.56 Å². The molecule has 0 unspecified atom stereocenters. The van der Waals surface area contributed by atoms with Gasteiger partial charge >= 0.3 is 0 Å². The van der Waals surface area contributed by atoms with Gasteiger partial charge in [-0.1, -0.05) is 61.3 Å². The molecule has 30 heavy (non-hydrogen) atoms. The zero-order chi connectivity index (χ0) is 22.3. The Morgan fingerprint density at radius 1 is 1.03 bits per heavy atom. The first-order valence-corrected chi connectivity index (χ1v) is 10.7. The number of likely N-dealkylation sites (N-methyl/N-ethyl adjacent to an activating group) is 1. The Bertz CT molecular complexity index is 866. The molecule has 5 nitrogen and oxygen atoms in total. The highest BCUT2D eigenvalue weighted by atomic mass is 35.5. The molecule has 0 heterocycles. The molecule has 1 N–H and O–H groups in total. The largest absolute Gasteiger partial charge is 0.483 e. The third kappa shape index (κ3) is 6.13. The van der Waals surface area contributed by atoms with Crippen molar-refractivity contribution in [3.8, 4) is 5.75 Å². The minimum atomic E-state index is -0.714. The summed E-state index contributed by atoms with van der Waals surface area (Å²) in [6.45, 7) is 8.00. The van der Waals surface area contributed by atoms with Crippen LogP contribution in [0.2, 0.25) is 10.0 Å². The summed E-state index contributed by atoms with van der Waals surface area (Å²) in [5, 5.41) is 3.63. The third-order valence-corrected chi connectivity index (χ3v) is 5.51. The van der Waals surface area contributed by atoms with E-state index in [1.165, 1.54) is 4.90 Å². The Morgan fingerprint density at radius 3 is 2.27 bits per heavy atom. The fourth-order valence-electron chi connectivity index (χ4n) is 3.07. The predicted molar refractivity (Wildman–Crippen MR) is 121 cm³/mol. The maximum atomic E-state index is 13.1. The number of hydrogen-bond acceptors (Lipinski definition) is 3. The van der Waals surface area contributed by atoms with E-state index in [2.05, 4.69) is 19.2 Å². The molecule has 2 aromatic rings. The van der Waals surface area contributed by atoms with Crippen molar-refractivity contribution in [3.05, 3.63) is 63.6 Å². The first-order chi connectivity index (χ1) is 14.3. The highest BCUT2D eigenvalue weighted by Crippen LogP contribution is 2.28. The van der Waals surface area contributed by atoms with Crippen molar-refractivity contribution in [2.75, 3.05) is 13.2 Å². The highest BCUT2D eigenvalue weighted by Gasteiger charge is 2.27. The second-order valence-corrected chi connectivity index (χ2v) is 8.09. The smallest absolute Gasteiger partial charge is 0.261 e. The van der Waals surface area contributed by atoms with Crippen LogP contribution in [0.4, 0.5) is 0 Å². The number of carbonyl (C=O) groups is 2. The van der Waals surface area contributed by atoms with Crippen LogP contribution in [-0.2, 0) is 16.1 Å². The van der Waals surface area contributed by atoms with Gasteiger partial charge in [0.1, 0.15) is 11.8 Å². The maximum Gasteiger partial charge on any atom is 0.261 e. The topological polar surface area (TPSA) is 58.6 Å². The molecule has 0 saturated heterocycles. The van der Waals surface area contributed by atoms with E-state index in [4.69, 9.17) is 27.9 Å². The van der Waals surface area contributed by atoms with Crippen LogP contribution in [0.1, 0.15) is 44.7 Å². The average Bonchev–Trinajstić information content (AvgIpc) is 2.71. The SMILES string of the molecule is CCNC(=O)[C@@H](C)N(Cc1c(Cl)cccc1Cl)C(=O)COc1ccccc1C(C)C. The van der Waals surface area contributed by atoms with Crippen molar-refractivity contribution in [3.63, 3.8) is 0 Å². The first-order valence-electron chi connectivity index (χ1n) is 9.98. The number of amides is 2. The molecule has 1 atom stereocenters. The highest BCUT2D eigenvalue weighted by molar-refractivity contribution is 6.36. The summed E-state index contributed by atoms with van der Waals surface area (Å²) in [6, 6.07) is 12.0. The fraction of sp³-hybridized carbons (Fsp3) is 0.391. The molecule has 162 valence electrons. The Balaban J connectivity index is 2.25. The van der Waals surface area contributed by atoms with Gasteiger partial charge in [-0.25, -0.2) is 0 Å². The van der Waals surface area contributed by atoms with Crippen molar-refractivity contribution < 1.29 is 14.3 Å². The molecule has 0 spiro atoms. The molecular weight excluding hydrogens is 423 g/mol. The van der Waals surface area contributed by atoms with Crippen LogP contribution in [0.5, 0.6) is 5.75 Å². The Hall–Kier alpha value is -2.24. The van der Waals surface area contributed by atoms with Crippen LogP contribution in [0, 0.1) is 0 Å². The molecule has 2 rings (SSSR count). The van der Waals surface area contributed by atoms with Crippen LogP contribution < -0.4 is 10.1 Å². The molecule has 2 amide bonds. The van der Waals surface area contributed by atoms with E-state index in [-0.39, 0.29) is 30.9 Å². The second kappa shape index (κ2) is 11.2. The lowest BCUT2D eigenvalue weighted by Gasteiger charge is -2.29. The van der Waals surface area contributed by atoms with Gasteiger partial charge in [0.2, 0.25) is 5.91 Å². The first kappa shape index (κ1) is 24.0. The maximum absolute atomic E-state index is 13.1. The summed E-state index contributed by atoms with van der Waals surface area (Å²) in [5.74, 6) is 0.325. The number of nitrogens with one attached hydrogen (secondary N) is 1. The minimum Gasteiger partial charge on any atom is -0.483 e. The molecule has 0 aliphatic heterocycles. The normalized spacial score (nSPS) is 11.8. The van der Waals surface area contributed by atoms with Gasteiger partial charge in [0, 0.05) is 28.7 Å². The van der Waals surface area contributed by atoms with Gasteiger partial charge in [0.05, 0.1) is 0 Å². The summed E-state index contributed by atoms with van der Waals surface area (Å²) < 4.78 is 5.84. The van der Waals surface area contributed by atoms with Crippen molar-refractivity contribution in [1.29, 1.82) is 0 Å². The lowest BCUT2D eigenvalue weighted by atomic mass is 10.0. The van der Waals surface area contributed by atoms with E-state index in [1.54, 1.807) is 25.1 Å². The Kier molecular flexibility index (Phi) is 9.00. The van der Waals surface area contributed by atoms with Crippen LogP contribution in [0.3, 0.4) is 0 Å². The number of benzene rings is 2. The molecule has 0 fully saturated rings. The minimum absolute atomic E-state index is 0.102. The predicted octanol–water partition coefficient (Wildman–Crippen LogP) is 5.05. The Morgan fingerprint density at radius 2 is 1.67 bits per heavy atom. The quantitative estimate of drug-likeness (QED) is 0.581. The van der Waals surface area contributed by atoms with Gasteiger partial charge in [0.15, 0.2) is 6.61 Å². The summed E-state index contributed by atoms with van der Waals surface area (Å²) in [7, 11) is 0. The zero-order valence-electron chi connectivity index (χ0n) is 17.7. The monoisotopic (exact) mass is 450 g/mol. The standard InChI is InChI=1S/C23H28Cl2N2O3/c1-5-26-23(29)16(4)27(13-18-19(24)10-8-11-20(18)25)22(28)14-30-21-12-7-6-9-17(21)15(2)3/h6-12,15-16H,5,13-14H2,1-4H3,(H,26,29)/t16-/m1/s1. The van der Waals surface area contributed by atoms with E-state index in [0.29, 0.717) is 27.9 Å². The van der Waals surface area contributed by atoms with Gasteiger partial charge in [-0.15, -0.1) is 0 Å². The van der Waals surface area contributed by atoms with Gasteiger partial charge in [-0.2, -0.15) is 0 Å². The van der Waals surface area contributed by atoms with Crippen molar-refractivity contribution in [1.82, 2.24) is 10.2 Å². The van der Waals surface area contributed by atoms with Crippen molar-refractivity contribution >= 4 is 35.0 Å². The third-order valence-electron chi connectivity index (χ3n) is 4.80.